The molecule has 0 atom stereocenters. The SMILES string of the molecule is [2H]C(C)(C)c1cc([Si](C)(C)C)oc1C. The van der Waals surface area contributed by atoms with Gasteiger partial charge in [0.2, 0.25) is 0 Å². The van der Waals surface area contributed by atoms with Gasteiger partial charge >= 0.3 is 0 Å². The van der Waals surface area contributed by atoms with E-state index in [0.29, 0.717) is 0 Å². The van der Waals surface area contributed by atoms with Crippen LogP contribution in [0.25, 0.3) is 0 Å². The number of rotatable bonds is 2. The van der Waals surface area contributed by atoms with Crippen LogP contribution in [0.2, 0.25) is 19.6 Å². The van der Waals surface area contributed by atoms with Gasteiger partial charge in [-0.3, -0.25) is 0 Å². The Kier molecular flexibility index (Phi) is 2.32. The lowest BCUT2D eigenvalue weighted by molar-refractivity contribution is 0.553. The summed E-state index contributed by atoms with van der Waals surface area (Å²) in [7, 11) is -1.37. The third kappa shape index (κ3) is 2.24. The average molecular weight is 197 g/mol. The summed E-state index contributed by atoms with van der Waals surface area (Å²) in [6.07, 6.45) is 0. The molecule has 0 spiro atoms. The van der Waals surface area contributed by atoms with Gasteiger partial charge in [-0.25, -0.2) is 0 Å². The number of aryl methyl sites for hydroxylation is 1. The van der Waals surface area contributed by atoms with Gasteiger partial charge in [0.15, 0.2) is 0 Å². The second-order valence-electron chi connectivity index (χ2n) is 4.83. The molecule has 74 valence electrons. The van der Waals surface area contributed by atoms with Crippen LogP contribution in [0.1, 0.15) is 32.4 Å². The van der Waals surface area contributed by atoms with Crippen molar-refractivity contribution in [3.05, 3.63) is 17.4 Å². The van der Waals surface area contributed by atoms with Crippen molar-refractivity contribution in [3.63, 3.8) is 0 Å². The molecule has 2 heteroatoms. The zero-order valence-electron chi connectivity index (χ0n) is 10.5. The fourth-order valence-corrected chi connectivity index (χ4v) is 2.38. The molecule has 0 aliphatic carbocycles. The Balaban J connectivity index is 3.19. The summed E-state index contributed by atoms with van der Waals surface area (Å²) in [6.45, 7) is 12.5. The monoisotopic (exact) mass is 197 g/mol. The Morgan fingerprint density at radius 3 is 2.15 bits per heavy atom. The Labute approximate surface area is 83.6 Å². The van der Waals surface area contributed by atoms with Crippen molar-refractivity contribution in [3.8, 4) is 0 Å². The van der Waals surface area contributed by atoms with Gasteiger partial charge in [-0.1, -0.05) is 33.5 Å². The highest BCUT2D eigenvalue weighted by Crippen LogP contribution is 2.20. The van der Waals surface area contributed by atoms with E-state index in [1.54, 1.807) is 0 Å². The number of hydrogen-bond donors (Lipinski definition) is 0. The van der Waals surface area contributed by atoms with E-state index in [4.69, 9.17) is 5.79 Å². The zero-order chi connectivity index (χ0) is 11.1. The Morgan fingerprint density at radius 1 is 1.38 bits per heavy atom. The van der Waals surface area contributed by atoms with Crippen molar-refractivity contribution in [1.82, 2.24) is 0 Å². The van der Waals surface area contributed by atoms with Gasteiger partial charge in [0, 0.05) is 1.37 Å². The van der Waals surface area contributed by atoms with Crippen LogP contribution in [0, 0.1) is 6.92 Å². The molecule has 0 aromatic carbocycles. The molecular weight excluding hydrogens is 176 g/mol. The van der Waals surface area contributed by atoms with E-state index in [-0.39, 0.29) is 0 Å². The largest absolute Gasteiger partial charge is 0.471 e. The van der Waals surface area contributed by atoms with E-state index in [0.717, 1.165) is 16.7 Å². The topological polar surface area (TPSA) is 13.1 Å². The van der Waals surface area contributed by atoms with Crippen molar-refractivity contribution in [2.24, 2.45) is 0 Å². The molecule has 0 radical (unpaired) electrons. The zero-order valence-corrected chi connectivity index (χ0v) is 10.5. The minimum Gasteiger partial charge on any atom is -0.471 e. The smallest absolute Gasteiger partial charge is 0.123 e. The summed E-state index contributed by atoms with van der Waals surface area (Å²) < 4.78 is 13.7. The van der Waals surface area contributed by atoms with Gasteiger partial charge in [0.05, 0.1) is 5.38 Å². The Hall–Kier alpha value is -0.503. The Bertz CT molecular complexity index is 328. The maximum atomic E-state index is 7.99. The normalized spacial score (nSPS) is 14.5. The number of hydrogen-bond acceptors (Lipinski definition) is 1. The van der Waals surface area contributed by atoms with Crippen LogP contribution in [0.15, 0.2) is 10.5 Å². The second-order valence-corrected chi connectivity index (χ2v) is 9.82. The first-order valence-electron chi connectivity index (χ1n) is 5.24. The molecule has 0 aliphatic heterocycles. The summed E-state index contributed by atoms with van der Waals surface area (Å²) in [6, 6.07) is 2.08. The van der Waals surface area contributed by atoms with Gasteiger partial charge < -0.3 is 4.42 Å². The van der Waals surface area contributed by atoms with Crippen LogP contribution in [-0.4, -0.2) is 8.07 Å². The molecule has 1 nitrogen and oxygen atoms in total. The predicted molar refractivity (Wildman–Crippen MR) is 60.5 cm³/mol. The molecule has 0 amide bonds. The van der Waals surface area contributed by atoms with Crippen molar-refractivity contribution in [1.29, 1.82) is 0 Å². The lowest BCUT2D eigenvalue weighted by Gasteiger charge is -2.10. The highest BCUT2D eigenvalue weighted by Gasteiger charge is 2.23. The first kappa shape index (κ1) is 9.07. The second kappa shape index (κ2) is 3.33. The van der Waals surface area contributed by atoms with Crippen LogP contribution in [-0.2, 0) is 0 Å². The standard InChI is InChI=1S/C11H20OSi/c1-8(2)10-7-11(12-9(10)3)13(4,5)6/h7-8H,1-6H3/i8D. The third-order valence-corrected chi connectivity index (χ3v) is 3.92. The van der Waals surface area contributed by atoms with Crippen molar-refractivity contribution in [2.75, 3.05) is 0 Å². The lowest BCUT2D eigenvalue weighted by atomic mass is 10.1. The molecule has 0 N–H and O–H groups in total. The first-order valence-corrected chi connectivity index (χ1v) is 8.24. The molecule has 0 saturated heterocycles. The van der Waals surface area contributed by atoms with Crippen LogP contribution in [0.3, 0.4) is 0 Å². The van der Waals surface area contributed by atoms with Gasteiger partial charge in [0.1, 0.15) is 13.8 Å². The van der Waals surface area contributed by atoms with Gasteiger partial charge in [0.25, 0.3) is 0 Å². The summed E-state index contributed by atoms with van der Waals surface area (Å²) in [5.41, 5.74) is 1.02. The van der Waals surface area contributed by atoms with E-state index in [1.807, 2.05) is 20.8 Å². The number of furan rings is 1. The predicted octanol–water partition coefficient (Wildman–Crippen LogP) is 3.26. The first-order chi connectivity index (χ1) is 6.12. The van der Waals surface area contributed by atoms with Crippen molar-refractivity contribution < 1.29 is 5.79 Å². The van der Waals surface area contributed by atoms with Crippen LogP contribution >= 0.6 is 0 Å². The maximum Gasteiger partial charge on any atom is 0.123 e. The van der Waals surface area contributed by atoms with Crippen molar-refractivity contribution in [2.45, 2.75) is 46.3 Å². The highest BCUT2D eigenvalue weighted by molar-refractivity contribution is 6.87. The van der Waals surface area contributed by atoms with Crippen LogP contribution in [0.4, 0.5) is 0 Å². The summed E-state index contributed by atoms with van der Waals surface area (Å²) in [4.78, 5) is 0. The quantitative estimate of drug-likeness (QED) is 0.663. The fourth-order valence-electron chi connectivity index (χ4n) is 1.35. The lowest BCUT2D eigenvalue weighted by Crippen LogP contribution is -2.36. The molecule has 1 rings (SSSR count). The summed E-state index contributed by atoms with van der Waals surface area (Å²) >= 11 is 0. The fraction of sp³-hybridized carbons (Fsp3) is 0.636. The summed E-state index contributed by atoms with van der Waals surface area (Å²) in [5.74, 6) is 0.355. The molecule has 0 saturated carbocycles. The molecule has 0 bridgehead atoms. The minimum atomic E-state index is -1.37. The van der Waals surface area contributed by atoms with Crippen LogP contribution in [0.5, 0.6) is 0 Å². The molecule has 13 heavy (non-hydrogen) atoms. The van der Waals surface area contributed by atoms with Gasteiger partial charge in [-0.2, -0.15) is 0 Å². The van der Waals surface area contributed by atoms with Crippen LogP contribution < -0.4 is 5.38 Å². The average Bonchev–Trinajstić information content (AvgIpc) is 2.27. The third-order valence-electron chi connectivity index (χ3n) is 2.20. The summed E-state index contributed by atoms with van der Waals surface area (Å²) in [5, 5.41) is 1.10. The maximum absolute atomic E-state index is 7.99. The van der Waals surface area contributed by atoms with E-state index < -0.39 is 14.0 Å². The molecule has 1 heterocycles. The van der Waals surface area contributed by atoms with E-state index >= 15 is 0 Å². The van der Waals surface area contributed by atoms with E-state index in [9.17, 15) is 0 Å². The van der Waals surface area contributed by atoms with E-state index in [1.165, 1.54) is 0 Å². The molecular formula is C11H20OSi. The highest BCUT2D eigenvalue weighted by atomic mass is 28.3. The minimum absolute atomic E-state index is 0.550. The molecule has 0 aliphatic rings. The van der Waals surface area contributed by atoms with Crippen molar-refractivity contribution >= 4 is 13.5 Å². The Morgan fingerprint density at radius 2 is 1.92 bits per heavy atom. The molecule has 1 aromatic rings. The van der Waals surface area contributed by atoms with Gasteiger partial charge in [-0.15, -0.1) is 0 Å². The molecule has 0 fully saturated rings. The molecule has 0 unspecified atom stereocenters. The molecule has 1 aromatic heterocycles. The van der Waals surface area contributed by atoms with E-state index in [2.05, 4.69) is 25.7 Å². The van der Waals surface area contributed by atoms with Gasteiger partial charge in [-0.05, 0) is 24.4 Å².